The average molecular weight is 228 g/mol. The Morgan fingerprint density at radius 3 is 2.76 bits per heavy atom. The molecule has 0 saturated heterocycles. The number of nitrogens with two attached hydrogens (primary N) is 1. The molecule has 2 aliphatic carbocycles. The first kappa shape index (κ1) is 9.66. The van der Waals surface area contributed by atoms with E-state index in [0.29, 0.717) is 5.92 Å². The van der Waals surface area contributed by atoms with Crippen LogP contribution in [0.5, 0.6) is 0 Å². The second kappa shape index (κ2) is 3.10. The lowest BCUT2D eigenvalue weighted by atomic mass is 9.81. The maximum Gasteiger partial charge on any atom is 0.172 e. The molecule has 2 fully saturated rings. The predicted molar refractivity (Wildman–Crippen MR) is 65.7 cm³/mol. The van der Waals surface area contributed by atoms with Gasteiger partial charge in [0.15, 0.2) is 5.58 Å². The highest BCUT2D eigenvalue weighted by molar-refractivity contribution is 5.84. The molecule has 3 heteroatoms. The summed E-state index contributed by atoms with van der Waals surface area (Å²) in [6.07, 6.45) is 5.94. The smallest absolute Gasteiger partial charge is 0.172 e. The summed E-state index contributed by atoms with van der Waals surface area (Å²) in [5.41, 5.74) is 9.36. The van der Waals surface area contributed by atoms with E-state index in [1.807, 2.05) is 0 Å². The van der Waals surface area contributed by atoms with Crippen LogP contribution in [0.1, 0.15) is 49.3 Å². The van der Waals surface area contributed by atoms with Crippen LogP contribution in [0.2, 0.25) is 0 Å². The first-order chi connectivity index (χ1) is 8.28. The summed E-state index contributed by atoms with van der Waals surface area (Å²) in [4.78, 5) is 0. The molecule has 3 nitrogen and oxygen atoms in total. The van der Waals surface area contributed by atoms with Crippen molar-refractivity contribution >= 4 is 11.0 Å². The minimum atomic E-state index is -0.143. The highest BCUT2D eigenvalue weighted by Crippen LogP contribution is 2.47. The molecule has 0 radical (unpaired) electrons. The van der Waals surface area contributed by atoms with E-state index in [4.69, 9.17) is 10.3 Å². The Balaban J connectivity index is 1.90. The minimum Gasteiger partial charge on any atom is -0.356 e. The topological polar surface area (TPSA) is 52.0 Å². The third-order valence-electron chi connectivity index (χ3n) is 4.34. The molecule has 88 valence electrons. The van der Waals surface area contributed by atoms with Gasteiger partial charge in [-0.25, -0.2) is 0 Å². The average Bonchev–Trinajstić information content (AvgIpc) is 2.87. The van der Waals surface area contributed by atoms with Crippen LogP contribution in [-0.4, -0.2) is 5.16 Å². The highest BCUT2D eigenvalue weighted by atomic mass is 16.5. The zero-order valence-corrected chi connectivity index (χ0v) is 9.78. The summed E-state index contributed by atoms with van der Waals surface area (Å²) in [6, 6.07) is 6.30. The van der Waals surface area contributed by atoms with E-state index in [-0.39, 0.29) is 5.54 Å². The first-order valence-corrected chi connectivity index (χ1v) is 6.46. The van der Waals surface area contributed by atoms with Gasteiger partial charge >= 0.3 is 0 Å². The molecule has 0 atom stereocenters. The number of rotatable bonds is 2. The van der Waals surface area contributed by atoms with Gasteiger partial charge in [0.05, 0.1) is 5.69 Å². The first-order valence-electron chi connectivity index (χ1n) is 6.46. The van der Waals surface area contributed by atoms with Crippen molar-refractivity contribution in [3.8, 4) is 0 Å². The van der Waals surface area contributed by atoms with Crippen molar-refractivity contribution < 1.29 is 4.52 Å². The predicted octanol–water partition coefficient (Wildman–Crippen LogP) is 3.04. The Labute approximate surface area is 100.0 Å². The van der Waals surface area contributed by atoms with Crippen molar-refractivity contribution in [2.75, 3.05) is 0 Å². The Morgan fingerprint density at radius 2 is 2.12 bits per heavy atom. The van der Waals surface area contributed by atoms with E-state index in [0.717, 1.165) is 29.7 Å². The quantitative estimate of drug-likeness (QED) is 0.859. The molecule has 0 spiro atoms. The molecule has 0 bridgehead atoms. The molecule has 0 amide bonds. The van der Waals surface area contributed by atoms with Crippen molar-refractivity contribution in [2.24, 2.45) is 5.73 Å². The van der Waals surface area contributed by atoms with E-state index in [9.17, 15) is 0 Å². The maximum atomic E-state index is 6.28. The molecule has 2 saturated carbocycles. The molecule has 1 heterocycles. The third kappa shape index (κ3) is 1.29. The molecule has 4 rings (SSSR count). The molecule has 2 aromatic rings. The van der Waals surface area contributed by atoms with Gasteiger partial charge in [-0.1, -0.05) is 23.7 Å². The van der Waals surface area contributed by atoms with E-state index in [1.165, 1.54) is 24.6 Å². The van der Waals surface area contributed by atoms with Gasteiger partial charge in [0, 0.05) is 22.4 Å². The molecule has 2 N–H and O–H groups in total. The second-order valence-electron chi connectivity index (χ2n) is 5.53. The fourth-order valence-electron chi connectivity index (χ4n) is 2.75. The number of hydrogen-bond donors (Lipinski definition) is 1. The SMILES string of the molecule is NC1(c2cccc3c(C4CCC4)noc23)CC1. The number of nitrogens with zero attached hydrogens (tertiary/aromatic N) is 1. The Kier molecular flexibility index (Phi) is 1.76. The van der Waals surface area contributed by atoms with Gasteiger partial charge in [-0.2, -0.15) is 0 Å². The standard InChI is InChI=1S/C14H16N2O/c15-14(7-8-14)11-6-2-5-10-12(9-3-1-4-9)16-17-13(10)11/h2,5-6,9H,1,3-4,7-8,15H2. The van der Waals surface area contributed by atoms with Crippen LogP contribution in [0, 0.1) is 0 Å². The van der Waals surface area contributed by atoms with Gasteiger partial charge in [0.1, 0.15) is 0 Å². The van der Waals surface area contributed by atoms with Crippen LogP contribution >= 0.6 is 0 Å². The molecule has 2 aliphatic rings. The van der Waals surface area contributed by atoms with Crippen LogP contribution in [0.3, 0.4) is 0 Å². The van der Waals surface area contributed by atoms with Crippen molar-refractivity contribution in [1.29, 1.82) is 0 Å². The second-order valence-corrected chi connectivity index (χ2v) is 5.53. The number of para-hydroxylation sites is 1. The number of fused-ring (bicyclic) bond motifs is 1. The van der Waals surface area contributed by atoms with Crippen molar-refractivity contribution in [3.05, 3.63) is 29.5 Å². The molecule has 17 heavy (non-hydrogen) atoms. The third-order valence-corrected chi connectivity index (χ3v) is 4.34. The lowest BCUT2D eigenvalue weighted by Crippen LogP contribution is -2.18. The van der Waals surface area contributed by atoms with Crippen LogP contribution in [-0.2, 0) is 5.54 Å². The van der Waals surface area contributed by atoms with Crippen molar-refractivity contribution in [3.63, 3.8) is 0 Å². The van der Waals surface area contributed by atoms with Crippen LogP contribution in [0.15, 0.2) is 22.7 Å². The van der Waals surface area contributed by atoms with Crippen LogP contribution in [0.4, 0.5) is 0 Å². The lowest BCUT2D eigenvalue weighted by molar-refractivity contribution is 0.374. The molecule has 1 aromatic heterocycles. The molecular formula is C14H16N2O. The molecule has 1 aromatic carbocycles. The monoisotopic (exact) mass is 228 g/mol. The number of aromatic nitrogens is 1. The summed E-state index contributed by atoms with van der Waals surface area (Å²) in [6.45, 7) is 0. The number of hydrogen-bond acceptors (Lipinski definition) is 3. The van der Waals surface area contributed by atoms with E-state index >= 15 is 0 Å². The van der Waals surface area contributed by atoms with E-state index in [2.05, 4.69) is 23.4 Å². The highest BCUT2D eigenvalue weighted by Gasteiger charge is 2.42. The molecule has 0 unspecified atom stereocenters. The summed E-state index contributed by atoms with van der Waals surface area (Å²) >= 11 is 0. The van der Waals surface area contributed by atoms with E-state index < -0.39 is 0 Å². The van der Waals surface area contributed by atoms with E-state index in [1.54, 1.807) is 0 Å². The zero-order valence-electron chi connectivity index (χ0n) is 9.78. The molecular weight excluding hydrogens is 212 g/mol. The van der Waals surface area contributed by atoms with Gasteiger partial charge in [-0.3, -0.25) is 0 Å². The Bertz CT molecular complexity index is 579. The Morgan fingerprint density at radius 1 is 1.29 bits per heavy atom. The van der Waals surface area contributed by atoms with Crippen LogP contribution in [0.25, 0.3) is 11.0 Å². The lowest BCUT2D eigenvalue weighted by Gasteiger charge is -2.22. The summed E-state index contributed by atoms with van der Waals surface area (Å²) in [5.74, 6) is 0.611. The zero-order chi connectivity index (χ0) is 11.5. The van der Waals surface area contributed by atoms with Gasteiger partial charge in [-0.05, 0) is 31.7 Å². The van der Waals surface area contributed by atoms with Gasteiger partial charge < -0.3 is 10.3 Å². The fourth-order valence-corrected chi connectivity index (χ4v) is 2.75. The van der Waals surface area contributed by atoms with Crippen LogP contribution < -0.4 is 5.73 Å². The van der Waals surface area contributed by atoms with Gasteiger partial charge in [0.25, 0.3) is 0 Å². The summed E-state index contributed by atoms with van der Waals surface area (Å²) in [5, 5.41) is 5.47. The molecule has 0 aliphatic heterocycles. The van der Waals surface area contributed by atoms with Gasteiger partial charge in [0.2, 0.25) is 0 Å². The summed E-state index contributed by atoms with van der Waals surface area (Å²) in [7, 11) is 0. The van der Waals surface area contributed by atoms with Crippen molar-refractivity contribution in [2.45, 2.75) is 43.6 Å². The number of benzene rings is 1. The largest absolute Gasteiger partial charge is 0.356 e. The normalized spacial score (nSPS) is 22.6. The van der Waals surface area contributed by atoms with Gasteiger partial charge in [-0.15, -0.1) is 0 Å². The fraction of sp³-hybridized carbons (Fsp3) is 0.500. The summed E-state index contributed by atoms with van der Waals surface area (Å²) < 4.78 is 5.57. The minimum absolute atomic E-state index is 0.143. The maximum absolute atomic E-state index is 6.28. The Hall–Kier alpha value is -1.35. The van der Waals surface area contributed by atoms with Crippen molar-refractivity contribution in [1.82, 2.24) is 5.16 Å².